The molecule has 3 rings (SSSR count). The van der Waals surface area contributed by atoms with Gasteiger partial charge in [-0.3, -0.25) is 9.59 Å². The molecular weight excluding hydrogens is 400 g/mol. The van der Waals surface area contributed by atoms with Crippen molar-refractivity contribution in [3.05, 3.63) is 83.3 Å². The van der Waals surface area contributed by atoms with Crippen LogP contribution in [0.15, 0.2) is 75.3 Å². The minimum atomic E-state index is -0.664. The van der Waals surface area contributed by atoms with Gasteiger partial charge in [0.15, 0.2) is 11.5 Å². The van der Waals surface area contributed by atoms with Gasteiger partial charge in [0.05, 0.1) is 11.4 Å². The highest BCUT2D eigenvalue weighted by Gasteiger charge is 2.16. The predicted molar refractivity (Wildman–Crippen MR) is 114 cm³/mol. The van der Waals surface area contributed by atoms with Crippen LogP contribution in [0.5, 0.6) is 11.5 Å². The maximum atomic E-state index is 12.2. The second-order valence-electron chi connectivity index (χ2n) is 6.47. The predicted octanol–water partition coefficient (Wildman–Crippen LogP) is 3.00. The number of hydrogen-bond donors (Lipinski definition) is 4. The monoisotopic (exact) mass is 420 g/mol. The summed E-state index contributed by atoms with van der Waals surface area (Å²) in [5.41, 5.74) is 6.35. The standard InChI is InChI=1S/C22H20N4O5/c1-13(15-7-3-5-9-17(15)27)23-25-21(29)19-11-12-20(31-19)22(30)26-24-14(2)16-8-4-6-10-18(16)28/h3-12,27-28H,1-2H3,(H,25,29)(H,26,30). The number of nitrogens with zero attached hydrogens (tertiary/aromatic N) is 2. The second-order valence-corrected chi connectivity index (χ2v) is 6.47. The van der Waals surface area contributed by atoms with E-state index in [4.69, 9.17) is 4.42 Å². The summed E-state index contributed by atoms with van der Waals surface area (Å²) in [6, 6.07) is 15.8. The van der Waals surface area contributed by atoms with Crippen LogP contribution in [0.25, 0.3) is 0 Å². The molecule has 1 aromatic heterocycles. The molecule has 0 bridgehead atoms. The molecule has 0 saturated heterocycles. The molecule has 1 heterocycles. The van der Waals surface area contributed by atoms with Gasteiger partial charge in [-0.25, -0.2) is 10.9 Å². The van der Waals surface area contributed by atoms with Gasteiger partial charge < -0.3 is 14.6 Å². The van der Waals surface area contributed by atoms with Crippen molar-refractivity contribution in [1.29, 1.82) is 0 Å². The Bertz CT molecular complexity index is 1090. The van der Waals surface area contributed by atoms with Crippen molar-refractivity contribution >= 4 is 23.2 Å². The molecule has 0 unspecified atom stereocenters. The maximum Gasteiger partial charge on any atom is 0.307 e. The number of rotatable bonds is 6. The Kier molecular flexibility index (Phi) is 6.46. The van der Waals surface area contributed by atoms with E-state index in [1.54, 1.807) is 50.2 Å². The van der Waals surface area contributed by atoms with Gasteiger partial charge in [0, 0.05) is 11.1 Å². The summed E-state index contributed by atoms with van der Waals surface area (Å²) in [6.07, 6.45) is 0. The first-order chi connectivity index (χ1) is 14.9. The first-order valence-corrected chi connectivity index (χ1v) is 9.22. The fourth-order valence-corrected chi connectivity index (χ4v) is 2.64. The van der Waals surface area contributed by atoms with Crippen LogP contribution in [-0.2, 0) is 0 Å². The summed E-state index contributed by atoms with van der Waals surface area (Å²) in [5.74, 6) is -1.50. The van der Waals surface area contributed by atoms with Crippen molar-refractivity contribution in [1.82, 2.24) is 10.9 Å². The molecule has 9 heteroatoms. The van der Waals surface area contributed by atoms with E-state index in [1.165, 1.54) is 24.3 Å². The maximum absolute atomic E-state index is 12.2. The highest BCUT2D eigenvalue weighted by atomic mass is 16.4. The molecule has 0 radical (unpaired) electrons. The summed E-state index contributed by atoms with van der Waals surface area (Å²) in [4.78, 5) is 24.5. The van der Waals surface area contributed by atoms with E-state index >= 15 is 0 Å². The molecule has 158 valence electrons. The average Bonchev–Trinajstić information content (AvgIpc) is 3.26. The Labute approximate surface area is 177 Å². The molecule has 0 fully saturated rings. The third-order valence-electron chi connectivity index (χ3n) is 4.29. The number of phenolic OH excluding ortho intramolecular Hbond substituents is 2. The quantitative estimate of drug-likeness (QED) is 0.359. The van der Waals surface area contributed by atoms with E-state index < -0.39 is 11.8 Å². The number of carbonyl (C=O) groups excluding carboxylic acids is 2. The molecule has 0 aliphatic rings. The third-order valence-corrected chi connectivity index (χ3v) is 4.29. The fraction of sp³-hybridized carbons (Fsp3) is 0.0909. The van der Waals surface area contributed by atoms with Gasteiger partial charge in [-0.2, -0.15) is 10.2 Å². The summed E-state index contributed by atoms with van der Waals surface area (Å²) in [6.45, 7) is 3.25. The number of phenols is 2. The third kappa shape index (κ3) is 5.15. The van der Waals surface area contributed by atoms with Crippen molar-refractivity contribution in [3.63, 3.8) is 0 Å². The molecule has 0 spiro atoms. The molecule has 9 nitrogen and oxygen atoms in total. The van der Waals surface area contributed by atoms with Gasteiger partial charge in [-0.05, 0) is 50.2 Å². The molecule has 0 saturated carbocycles. The Balaban J connectivity index is 1.64. The molecular formula is C22H20N4O5. The van der Waals surface area contributed by atoms with Crippen molar-refractivity contribution in [2.45, 2.75) is 13.8 Å². The van der Waals surface area contributed by atoms with Crippen LogP contribution in [0.3, 0.4) is 0 Å². The number of nitrogens with one attached hydrogen (secondary N) is 2. The molecule has 4 N–H and O–H groups in total. The lowest BCUT2D eigenvalue weighted by Gasteiger charge is -2.04. The SMILES string of the molecule is CC(=NNC(=O)c1ccc(C(=O)NN=C(C)c2ccccc2O)o1)c1ccccc1O. The second kappa shape index (κ2) is 9.40. The van der Waals surface area contributed by atoms with E-state index in [2.05, 4.69) is 21.1 Å². The number of para-hydroxylation sites is 2. The number of hydrogen-bond acceptors (Lipinski definition) is 7. The van der Waals surface area contributed by atoms with Crippen LogP contribution in [0.4, 0.5) is 0 Å². The van der Waals surface area contributed by atoms with E-state index in [9.17, 15) is 19.8 Å². The molecule has 31 heavy (non-hydrogen) atoms. The Hall–Kier alpha value is -4.40. The van der Waals surface area contributed by atoms with Gasteiger partial charge in [0.25, 0.3) is 0 Å². The van der Waals surface area contributed by atoms with Crippen molar-refractivity contribution in [2.24, 2.45) is 10.2 Å². The molecule has 0 aliphatic heterocycles. The van der Waals surface area contributed by atoms with E-state index in [-0.39, 0.29) is 23.0 Å². The minimum absolute atomic E-state index is 0.0367. The van der Waals surface area contributed by atoms with E-state index in [1.807, 2.05) is 0 Å². The number of benzene rings is 2. The number of carbonyl (C=O) groups is 2. The Morgan fingerprint density at radius 2 is 1.10 bits per heavy atom. The lowest BCUT2D eigenvalue weighted by molar-refractivity contribution is 0.0902. The zero-order valence-electron chi connectivity index (χ0n) is 16.8. The van der Waals surface area contributed by atoms with Gasteiger partial charge in [0.2, 0.25) is 0 Å². The smallest absolute Gasteiger partial charge is 0.307 e. The number of aromatic hydroxyl groups is 2. The highest BCUT2D eigenvalue weighted by molar-refractivity contribution is 6.03. The Morgan fingerprint density at radius 1 is 0.710 bits per heavy atom. The van der Waals surface area contributed by atoms with E-state index in [0.29, 0.717) is 22.6 Å². The minimum Gasteiger partial charge on any atom is -0.507 e. The lowest BCUT2D eigenvalue weighted by atomic mass is 10.1. The first-order valence-electron chi connectivity index (χ1n) is 9.22. The van der Waals surface area contributed by atoms with Gasteiger partial charge in [-0.15, -0.1) is 0 Å². The van der Waals surface area contributed by atoms with Gasteiger partial charge in [0.1, 0.15) is 11.5 Å². The highest BCUT2D eigenvalue weighted by Crippen LogP contribution is 2.17. The summed E-state index contributed by atoms with van der Waals surface area (Å²) in [7, 11) is 0. The summed E-state index contributed by atoms with van der Waals surface area (Å²) < 4.78 is 5.27. The van der Waals surface area contributed by atoms with Crippen LogP contribution in [0, 0.1) is 0 Å². The van der Waals surface area contributed by atoms with Gasteiger partial charge >= 0.3 is 11.8 Å². The normalized spacial score (nSPS) is 11.8. The van der Waals surface area contributed by atoms with Crippen LogP contribution < -0.4 is 10.9 Å². The van der Waals surface area contributed by atoms with Gasteiger partial charge in [-0.1, -0.05) is 24.3 Å². The molecule has 0 atom stereocenters. The largest absolute Gasteiger partial charge is 0.507 e. The molecule has 0 aliphatic carbocycles. The summed E-state index contributed by atoms with van der Waals surface area (Å²) in [5, 5.41) is 27.5. The fourth-order valence-electron chi connectivity index (χ4n) is 2.64. The van der Waals surface area contributed by atoms with Crippen molar-refractivity contribution in [2.75, 3.05) is 0 Å². The van der Waals surface area contributed by atoms with Crippen molar-refractivity contribution < 1.29 is 24.2 Å². The number of hydrazone groups is 2. The summed E-state index contributed by atoms with van der Waals surface area (Å²) >= 11 is 0. The molecule has 3 aromatic rings. The zero-order valence-corrected chi connectivity index (χ0v) is 16.8. The number of furan rings is 1. The Morgan fingerprint density at radius 3 is 1.48 bits per heavy atom. The zero-order chi connectivity index (χ0) is 22.4. The van der Waals surface area contributed by atoms with Crippen LogP contribution >= 0.6 is 0 Å². The van der Waals surface area contributed by atoms with Crippen LogP contribution in [-0.4, -0.2) is 33.5 Å². The lowest BCUT2D eigenvalue weighted by Crippen LogP contribution is -2.20. The van der Waals surface area contributed by atoms with Crippen LogP contribution in [0.2, 0.25) is 0 Å². The molecule has 2 amide bonds. The van der Waals surface area contributed by atoms with Crippen LogP contribution in [0.1, 0.15) is 46.1 Å². The van der Waals surface area contributed by atoms with Crippen molar-refractivity contribution in [3.8, 4) is 11.5 Å². The topological polar surface area (TPSA) is 137 Å². The number of amides is 2. The van der Waals surface area contributed by atoms with E-state index in [0.717, 1.165) is 0 Å². The molecule has 2 aromatic carbocycles. The average molecular weight is 420 g/mol. The first kappa shape index (κ1) is 21.3.